The zero-order valence-corrected chi connectivity index (χ0v) is 8.32. The van der Waals surface area contributed by atoms with Crippen molar-refractivity contribution in [1.29, 1.82) is 0 Å². The quantitative estimate of drug-likeness (QED) is 0.640. The summed E-state index contributed by atoms with van der Waals surface area (Å²) in [7, 11) is 0. The molecular weight excluding hydrogens is 168 g/mol. The monoisotopic (exact) mass is 186 g/mol. The molecule has 0 aliphatic carbocycles. The van der Waals surface area contributed by atoms with Gasteiger partial charge in [0.2, 0.25) is 5.91 Å². The Morgan fingerprint density at radius 2 is 2.00 bits per heavy atom. The van der Waals surface area contributed by atoms with Gasteiger partial charge in [0, 0.05) is 19.0 Å². The van der Waals surface area contributed by atoms with E-state index >= 15 is 0 Å². The fraction of sp³-hybridized carbons (Fsp3) is 0.889. The standard InChI is InChI=1S/C9H18N2O2/c1-7(2)9(12)11-5-3-8(13-10)4-6-11/h7-8H,3-6,10H2,1-2H3. The van der Waals surface area contributed by atoms with E-state index in [1.165, 1.54) is 0 Å². The molecule has 1 amide bonds. The Kier molecular flexibility index (Phi) is 3.69. The summed E-state index contributed by atoms with van der Waals surface area (Å²) in [5, 5.41) is 0. The van der Waals surface area contributed by atoms with E-state index in [0.29, 0.717) is 0 Å². The van der Waals surface area contributed by atoms with Gasteiger partial charge >= 0.3 is 0 Å². The number of amides is 1. The Balaban J connectivity index is 2.36. The average molecular weight is 186 g/mol. The highest BCUT2D eigenvalue weighted by molar-refractivity contribution is 5.78. The largest absolute Gasteiger partial charge is 0.342 e. The number of rotatable bonds is 2. The molecule has 1 heterocycles. The molecule has 0 bridgehead atoms. The zero-order chi connectivity index (χ0) is 9.84. The molecule has 1 aliphatic rings. The third-order valence-electron chi connectivity index (χ3n) is 2.44. The van der Waals surface area contributed by atoms with E-state index in [2.05, 4.69) is 0 Å². The lowest BCUT2D eigenvalue weighted by atomic mass is 10.1. The van der Waals surface area contributed by atoms with Gasteiger partial charge in [0.15, 0.2) is 0 Å². The summed E-state index contributed by atoms with van der Waals surface area (Å²) in [6.07, 6.45) is 1.85. The maximum atomic E-state index is 11.5. The Hall–Kier alpha value is -0.610. The molecular formula is C9H18N2O2. The summed E-state index contributed by atoms with van der Waals surface area (Å²) >= 11 is 0. The molecule has 2 N–H and O–H groups in total. The van der Waals surface area contributed by atoms with Crippen LogP contribution in [0.2, 0.25) is 0 Å². The third kappa shape index (κ3) is 2.67. The van der Waals surface area contributed by atoms with E-state index in [0.717, 1.165) is 25.9 Å². The highest BCUT2D eigenvalue weighted by atomic mass is 16.6. The van der Waals surface area contributed by atoms with E-state index < -0.39 is 0 Å². The van der Waals surface area contributed by atoms with Crippen LogP contribution in [0.5, 0.6) is 0 Å². The van der Waals surface area contributed by atoms with Crippen LogP contribution in [-0.4, -0.2) is 30.0 Å². The van der Waals surface area contributed by atoms with Gasteiger partial charge in [-0.3, -0.25) is 4.79 Å². The summed E-state index contributed by atoms with van der Waals surface area (Å²) in [6, 6.07) is 0. The van der Waals surface area contributed by atoms with Crippen molar-refractivity contribution < 1.29 is 9.63 Å². The second kappa shape index (κ2) is 4.58. The van der Waals surface area contributed by atoms with Crippen molar-refractivity contribution in [2.75, 3.05) is 13.1 Å². The minimum Gasteiger partial charge on any atom is -0.342 e. The second-order valence-electron chi connectivity index (χ2n) is 3.82. The highest BCUT2D eigenvalue weighted by Gasteiger charge is 2.23. The van der Waals surface area contributed by atoms with Gasteiger partial charge in [-0.05, 0) is 12.8 Å². The molecule has 13 heavy (non-hydrogen) atoms. The minimum absolute atomic E-state index is 0.0929. The molecule has 0 atom stereocenters. The fourth-order valence-corrected chi connectivity index (χ4v) is 1.58. The Morgan fingerprint density at radius 1 is 1.46 bits per heavy atom. The molecule has 1 aliphatic heterocycles. The lowest BCUT2D eigenvalue weighted by molar-refractivity contribution is -0.137. The van der Waals surface area contributed by atoms with E-state index in [-0.39, 0.29) is 17.9 Å². The van der Waals surface area contributed by atoms with Crippen LogP contribution in [0, 0.1) is 5.92 Å². The van der Waals surface area contributed by atoms with Crippen LogP contribution in [0.4, 0.5) is 0 Å². The average Bonchev–Trinajstić information content (AvgIpc) is 2.17. The Morgan fingerprint density at radius 3 is 2.38 bits per heavy atom. The predicted molar refractivity (Wildman–Crippen MR) is 49.7 cm³/mol. The minimum atomic E-state index is 0.0929. The van der Waals surface area contributed by atoms with Gasteiger partial charge in [-0.15, -0.1) is 0 Å². The second-order valence-corrected chi connectivity index (χ2v) is 3.82. The van der Waals surface area contributed by atoms with Gasteiger partial charge in [-0.25, -0.2) is 5.90 Å². The van der Waals surface area contributed by atoms with Gasteiger partial charge in [-0.1, -0.05) is 13.8 Å². The molecule has 0 spiro atoms. The summed E-state index contributed by atoms with van der Waals surface area (Å²) in [4.78, 5) is 18.2. The summed E-state index contributed by atoms with van der Waals surface area (Å²) in [5.41, 5.74) is 0. The number of hydrogen-bond acceptors (Lipinski definition) is 3. The number of carbonyl (C=O) groups excluding carboxylic acids is 1. The number of carbonyl (C=O) groups is 1. The first-order chi connectivity index (χ1) is 6.15. The van der Waals surface area contributed by atoms with Crippen molar-refractivity contribution in [3.05, 3.63) is 0 Å². The maximum Gasteiger partial charge on any atom is 0.225 e. The summed E-state index contributed by atoms with van der Waals surface area (Å²) in [5.74, 6) is 5.41. The molecule has 0 aromatic rings. The molecule has 0 saturated carbocycles. The van der Waals surface area contributed by atoms with Crippen LogP contribution in [0.15, 0.2) is 0 Å². The number of hydrogen-bond donors (Lipinski definition) is 1. The molecule has 4 nitrogen and oxygen atoms in total. The van der Waals surface area contributed by atoms with E-state index in [1.54, 1.807) is 0 Å². The zero-order valence-electron chi connectivity index (χ0n) is 8.32. The first kappa shape index (κ1) is 10.5. The van der Waals surface area contributed by atoms with Crippen LogP contribution in [0.25, 0.3) is 0 Å². The van der Waals surface area contributed by atoms with Crippen LogP contribution in [-0.2, 0) is 9.63 Å². The van der Waals surface area contributed by atoms with E-state index in [9.17, 15) is 4.79 Å². The van der Waals surface area contributed by atoms with Crippen molar-refractivity contribution in [3.63, 3.8) is 0 Å². The molecule has 4 heteroatoms. The Labute approximate surface area is 79.0 Å². The van der Waals surface area contributed by atoms with Crippen molar-refractivity contribution >= 4 is 5.91 Å². The lowest BCUT2D eigenvalue weighted by Gasteiger charge is -2.31. The SMILES string of the molecule is CC(C)C(=O)N1CCC(ON)CC1. The smallest absolute Gasteiger partial charge is 0.225 e. The summed E-state index contributed by atoms with van der Waals surface area (Å²) < 4.78 is 0. The van der Waals surface area contributed by atoms with Crippen molar-refractivity contribution in [1.82, 2.24) is 4.90 Å². The van der Waals surface area contributed by atoms with E-state index in [4.69, 9.17) is 10.7 Å². The number of nitrogens with zero attached hydrogens (tertiary/aromatic N) is 1. The van der Waals surface area contributed by atoms with Crippen molar-refractivity contribution in [2.24, 2.45) is 11.8 Å². The molecule has 1 fully saturated rings. The molecule has 1 rings (SSSR count). The molecule has 0 aromatic heterocycles. The van der Waals surface area contributed by atoms with Crippen LogP contribution in [0.1, 0.15) is 26.7 Å². The van der Waals surface area contributed by atoms with Crippen molar-refractivity contribution in [2.45, 2.75) is 32.8 Å². The fourth-order valence-electron chi connectivity index (χ4n) is 1.58. The number of likely N-dealkylation sites (tertiary alicyclic amines) is 1. The van der Waals surface area contributed by atoms with Crippen LogP contribution in [0.3, 0.4) is 0 Å². The Bertz CT molecular complexity index is 174. The molecule has 76 valence electrons. The first-order valence-electron chi connectivity index (χ1n) is 4.79. The predicted octanol–water partition coefficient (Wildman–Crippen LogP) is 0.524. The normalized spacial score (nSPS) is 19.5. The topological polar surface area (TPSA) is 55.6 Å². The first-order valence-corrected chi connectivity index (χ1v) is 4.79. The lowest BCUT2D eigenvalue weighted by Crippen LogP contribution is -2.43. The van der Waals surface area contributed by atoms with Gasteiger partial charge in [0.05, 0.1) is 6.10 Å². The number of piperidine rings is 1. The van der Waals surface area contributed by atoms with Gasteiger partial charge in [0.25, 0.3) is 0 Å². The molecule has 0 radical (unpaired) electrons. The van der Waals surface area contributed by atoms with Gasteiger partial charge in [-0.2, -0.15) is 0 Å². The molecule has 0 aromatic carbocycles. The van der Waals surface area contributed by atoms with Crippen LogP contribution < -0.4 is 5.90 Å². The summed E-state index contributed by atoms with van der Waals surface area (Å²) in [6.45, 7) is 5.40. The molecule has 1 saturated heterocycles. The van der Waals surface area contributed by atoms with Crippen LogP contribution >= 0.6 is 0 Å². The number of nitrogens with two attached hydrogens (primary N) is 1. The van der Waals surface area contributed by atoms with E-state index in [1.807, 2.05) is 18.7 Å². The highest BCUT2D eigenvalue weighted by Crippen LogP contribution is 2.14. The maximum absolute atomic E-state index is 11.5. The van der Waals surface area contributed by atoms with Crippen molar-refractivity contribution in [3.8, 4) is 0 Å². The van der Waals surface area contributed by atoms with Gasteiger partial charge in [0.1, 0.15) is 0 Å². The third-order valence-corrected chi connectivity index (χ3v) is 2.44. The molecule has 0 unspecified atom stereocenters. The van der Waals surface area contributed by atoms with Gasteiger partial charge < -0.3 is 9.74 Å².